The van der Waals surface area contributed by atoms with Crippen molar-refractivity contribution in [1.29, 1.82) is 0 Å². The molecule has 1 aliphatic rings. The molecule has 2 aromatic rings. The number of hydrogen-bond acceptors (Lipinski definition) is 4. The van der Waals surface area contributed by atoms with Gasteiger partial charge in [-0.25, -0.2) is 4.99 Å². The first-order chi connectivity index (χ1) is 22.1. The van der Waals surface area contributed by atoms with E-state index in [-0.39, 0.29) is 29.6 Å². The Hall–Kier alpha value is -3.59. The minimum atomic E-state index is -0.758. The van der Waals surface area contributed by atoms with Crippen molar-refractivity contribution in [2.45, 2.75) is 110 Å². The number of aliphatic imine (C=N–C) groups is 1. The molecule has 252 valence electrons. The summed E-state index contributed by atoms with van der Waals surface area (Å²) in [6, 6.07) is 13.7. The van der Waals surface area contributed by atoms with Gasteiger partial charge in [-0.3, -0.25) is 14.4 Å². The topological polar surface area (TPSA) is 152 Å². The molecule has 2 aromatic carbocycles. The Bertz CT molecular complexity index is 1290. The van der Waals surface area contributed by atoms with Gasteiger partial charge in [-0.1, -0.05) is 82.3 Å². The Morgan fingerprint density at radius 2 is 1.70 bits per heavy atom. The molecule has 3 amide bonds. The van der Waals surface area contributed by atoms with Gasteiger partial charge in [-0.2, -0.15) is 0 Å². The van der Waals surface area contributed by atoms with Crippen LogP contribution in [0.3, 0.4) is 0 Å². The predicted molar refractivity (Wildman–Crippen MR) is 187 cm³/mol. The molecule has 0 aromatic heterocycles. The van der Waals surface area contributed by atoms with Crippen LogP contribution in [0.5, 0.6) is 0 Å². The SMILES string of the molecule is CCCC[C@@H](NC(=O)c1ccc(CN=C(N)N)cc1)C(=O)N[C@H](CC(C)C)C(=O)NCCC[C@H]1CCCC[C@@H]1c1cccc(Cl)c1. The second kappa shape index (κ2) is 19.2. The lowest BCUT2D eigenvalue weighted by Gasteiger charge is -2.32. The van der Waals surface area contributed by atoms with Gasteiger partial charge in [0.25, 0.3) is 5.91 Å². The van der Waals surface area contributed by atoms with Crippen molar-refractivity contribution in [2.24, 2.45) is 28.3 Å². The van der Waals surface area contributed by atoms with Crippen LogP contribution in [0.4, 0.5) is 0 Å². The van der Waals surface area contributed by atoms with Crippen LogP contribution in [-0.2, 0) is 16.1 Å². The van der Waals surface area contributed by atoms with E-state index in [1.165, 1.54) is 31.2 Å². The number of nitrogens with two attached hydrogens (primary N) is 2. The first-order valence-electron chi connectivity index (χ1n) is 16.9. The number of carbonyl (C=O) groups is 3. The van der Waals surface area contributed by atoms with Gasteiger partial charge in [0, 0.05) is 17.1 Å². The van der Waals surface area contributed by atoms with Crippen LogP contribution in [0.2, 0.25) is 5.02 Å². The van der Waals surface area contributed by atoms with Gasteiger partial charge in [-0.05, 0) is 91.7 Å². The summed E-state index contributed by atoms with van der Waals surface area (Å²) in [6.07, 6.45) is 9.32. The minimum absolute atomic E-state index is 0.00132. The van der Waals surface area contributed by atoms with Crippen LogP contribution in [-0.4, -0.2) is 42.3 Å². The van der Waals surface area contributed by atoms with E-state index in [1.54, 1.807) is 24.3 Å². The predicted octanol–water partition coefficient (Wildman–Crippen LogP) is 5.80. The number of nitrogens with zero attached hydrogens (tertiary/aromatic N) is 1. The second-order valence-corrected chi connectivity index (χ2v) is 13.4. The lowest BCUT2D eigenvalue weighted by Crippen LogP contribution is -2.54. The number of rotatable bonds is 17. The van der Waals surface area contributed by atoms with Crippen LogP contribution >= 0.6 is 11.6 Å². The average Bonchev–Trinajstić information content (AvgIpc) is 3.03. The van der Waals surface area contributed by atoms with Gasteiger partial charge in [-0.15, -0.1) is 0 Å². The average molecular weight is 653 g/mol. The minimum Gasteiger partial charge on any atom is -0.370 e. The van der Waals surface area contributed by atoms with Crippen LogP contribution in [0.25, 0.3) is 0 Å². The van der Waals surface area contributed by atoms with Crippen LogP contribution < -0.4 is 27.4 Å². The van der Waals surface area contributed by atoms with Gasteiger partial charge < -0.3 is 27.4 Å². The highest BCUT2D eigenvalue weighted by Crippen LogP contribution is 2.40. The van der Waals surface area contributed by atoms with Gasteiger partial charge in [0.15, 0.2) is 5.96 Å². The molecule has 1 saturated carbocycles. The Morgan fingerprint density at radius 3 is 2.37 bits per heavy atom. The monoisotopic (exact) mass is 652 g/mol. The Balaban J connectivity index is 1.57. The summed E-state index contributed by atoms with van der Waals surface area (Å²) in [5.41, 5.74) is 13.4. The largest absolute Gasteiger partial charge is 0.370 e. The molecule has 0 aliphatic heterocycles. The van der Waals surface area contributed by atoms with Crippen LogP contribution in [0.1, 0.15) is 112 Å². The summed E-state index contributed by atoms with van der Waals surface area (Å²) in [4.78, 5) is 43.9. The van der Waals surface area contributed by atoms with Crippen molar-refractivity contribution in [1.82, 2.24) is 16.0 Å². The number of hydrogen-bond donors (Lipinski definition) is 5. The quantitative estimate of drug-likeness (QED) is 0.0831. The standard InChI is InChI=1S/C36H53ClN6O3/c1-4-5-15-31(42-33(44)27-18-16-25(17-19-27)23-41-36(38)39)35(46)43-32(21-24(2)3)34(45)40-20-9-12-26-10-6-7-14-30(26)28-11-8-13-29(37)22-28/h8,11,13,16-19,22,24,26,30-32H,4-7,9-10,12,14-15,20-21,23H2,1-3H3,(H,40,45)(H,42,44)(H,43,46)(H4,38,39,41)/t26-,30+,31-,32-/m1/s1. The first kappa shape index (κ1) is 36.9. The fourth-order valence-electron chi connectivity index (χ4n) is 6.27. The number of nitrogens with one attached hydrogen (secondary N) is 3. The molecule has 0 unspecified atom stereocenters. The van der Waals surface area contributed by atoms with E-state index in [4.69, 9.17) is 23.1 Å². The molecule has 0 saturated heterocycles. The number of amides is 3. The van der Waals surface area contributed by atoms with Crippen LogP contribution in [0.15, 0.2) is 53.5 Å². The molecule has 0 radical (unpaired) electrons. The summed E-state index contributed by atoms with van der Waals surface area (Å²) in [7, 11) is 0. The normalized spacial score (nSPS) is 17.5. The van der Waals surface area contributed by atoms with Gasteiger partial charge in [0.1, 0.15) is 12.1 Å². The Kier molecular flexibility index (Phi) is 15.4. The summed E-state index contributed by atoms with van der Waals surface area (Å²) in [5, 5.41) is 9.70. The fraction of sp³-hybridized carbons (Fsp3) is 0.556. The third kappa shape index (κ3) is 12.3. The molecular formula is C36H53ClN6O3. The molecule has 1 aliphatic carbocycles. The third-order valence-electron chi connectivity index (χ3n) is 8.71. The number of carbonyl (C=O) groups excluding carboxylic acids is 3. The molecule has 3 rings (SSSR count). The Labute approximate surface area is 279 Å². The molecular weight excluding hydrogens is 600 g/mol. The zero-order chi connectivity index (χ0) is 33.5. The molecule has 0 bridgehead atoms. The van der Waals surface area contributed by atoms with Crippen molar-refractivity contribution in [3.8, 4) is 0 Å². The zero-order valence-electron chi connectivity index (χ0n) is 27.7. The van der Waals surface area contributed by atoms with E-state index in [2.05, 4.69) is 33.1 Å². The van der Waals surface area contributed by atoms with Crippen molar-refractivity contribution >= 4 is 35.3 Å². The lowest BCUT2D eigenvalue weighted by molar-refractivity contribution is -0.130. The molecule has 9 nitrogen and oxygen atoms in total. The molecule has 7 N–H and O–H groups in total. The number of halogens is 1. The summed E-state index contributed by atoms with van der Waals surface area (Å²) >= 11 is 6.29. The van der Waals surface area contributed by atoms with Crippen molar-refractivity contribution in [3.63, 3.8) is 0 Å². The number of benzene rings is 2. The smallest absolute Gasteiger partial charge is 0.251 e. The van der Waals surface area contributed by atoms with Gasteiger partial charge >= 0.3 is 0 Å². The lowest BCUT2D eigenvalue weighted by atomic mass is 9.73. The van der Waals surface area contributed by atoms with Crippen molar-refractivity contribution in [2.75, 3.05) is 6.54 Å². The highest BCUT2D eigenvalue weighted by molar-refractivity contribution is 6.30. The second-order valence-electron chi connectivity index (χ2n) is 12.9. The zero-order valence-corrected chi connectivity index (χ0v) is 28.5. The van der Waals surface area contributed by atoms with Crippen LogP contribution in [0, 0.1) is 11.8 Å². The van der Waals surface area contributed by atoms with Gasteiger partial charge in [0.2, 0.25) is 11.8 Å². The number of guanidine groups is 1. The molecule has 1 fully saturated rings. The summed E-state index contributed by atoms with van der Waals surface area (Å²) < 4.78 is 0. The number of unbranched alkanes of at least 4 members (excludes halogenated alkanes) is 1. The highest BCUT2D eigenvalue weighted by atomic mass is 35.5. The molecule has 46 heavy (non-hydrogen) atoms. The molecule has 0 heterocycles. The van der Waals surface area contributed by atoms with E-state index in [9.17, 15) is 14.4 Å². The maximum atomic E-state index is 13.5. The van der Waals surface area contributed by atoms with E-state index < -0.39 is 12.1 Å². The van der Waals surface area contributed by atoms with E-state index in [0.717, 1.165) is 36.3 Å². The molecule has 4 atom stereocenters. The van der Waals surface area contributed by atoms with E-state index in [1.807, 2.05) is 32.9 Å². The maximum Gasteiger partial charge on any atom is 0.251 e. The Morgan fingerprint density at radius 1 is 0.957 bits per heavy atom. The fourth-order valence-corrected chi connectivity index (χ4v) is 6.46. The molecule has 0 spiro atoms. The van der Waals surface area contributed by atoms with Gasteiger partial charge in [0.05, 0.1) is 6.54 Å². The maximum absolute atomic E-state index is 13.5. The summed E-state index contributed by atoms with van der Waals surface area (Å²) in [6.45, 7) is 6.95. The van der Waals surface area contributed by atoms with E-state index >= 15 is 0 Å². The van der Waals surface area contributed by atoms with Crippen molar-refractivity contribution in [3.05, 3.63) is 70.2 Å². The summed E-state index contributed by atoms with van der Waals surface area (Å²) in [5.74, 6) is 0.360. The van der Waals surface area contributed by atoms with E-state index in [0.29, 0.717) is 43.3 Å². The third-order valence-corrected chi connectivity index (χ3v) is 8.94. The first-order valence-corrected chi connectivity index (χ1v) is 17.2. The van der Waals surface area contributed by atoms with Crippen molar-refractivity contribution < 1.29 is 14.4 Å². The molecule has 10 heteroatoms. The highest BCUT2D eigenvalue weighted by Gasteiger charge is 2.29.